The molecule has 0 aliphatic carbocycles. The van der Waals surface area contributed by atoms with Gasteiger partial charge in [-0.05, 0) is 65.8 Å². The number of aromatic nitrogens is 2. The second kappa shape index (κ2) is 5.83. The molecule has 1 aliphatic heterocycles. The SMILES string of the molecule is Cc1c(Cl)cccc1-n1nc(-c2cccc(I)c2)c2c1NCC2. The Kier molecular flexibility index (Phi) is 3.81. The molecule has 0 saturated heterocycles. The minimum atomic E-state index is 0.764. The molecule has 1 aromatic heterocycles. The van der Waals surface area contributed by atoms with Crippen LogP contribution in [0, 0.1) is 10.5 Å². The van der Waals surface area contributed by atoms with E-state index in [1.54, 1.807) is 0 Å². The van der Waals surface area contributed by atoms with Crippen LogP contribution < -0.4 is 5.32 Å². The Morgan fingerprint density at radius 3 is 2.87 bits per heavy atom. The van der Waals surface area contributed by atoms with E-state index in [0.717, 1.165) is 46.3 Å². The van der Waals surface area contributed by atoms with Gasteiger partial charge in [0.15, 0.2) is 0 Å². The minimum absolute atomic E-state index is 0.764. The van der Waals surface area contributed by atoms with Crippen molar-refractivity contribution in [3.8, 4) is 16.9 Å². The van der Waals surface area contributed by atoms with Gasteiger partial charge < -0.3 is 5.32 Å². The summed E-state index contributed by atoms with van der Waals surface area (Å²) in [7, 11) is 0. The minimum Gasteiger partial charge on any atom is -0.369 e. The van der Waals surface area contributed by atoms with Gasteiger partial charge in [0.05, 0.1) is 11.4 Å². The molecule has 0 bridgehead atoms. The van der Waals surface area contributed by atoms with E-state index in [4.69, 9.17) is 16.7 Å². The maximum absolute atomic E-state index is 6.30. The predicted molar refractivity (Wildman–Crippen MR) is 104 cm³/mol. The number of rotatable bonds is 2. The topological polar surface area (TPSA) is 29.9 Å². The molecule has 0 unspecified atom stereocenters. The van der Waals surface area contributed by atoms with E-state index < -0.39 is 0 Å². The van der Waals surface area contributed by atoms with Gasteiger partial charge in [0.1, 0.15) is 5.82 Å². The molecule has 0 spiro atoms. The monoisotopic (exact) mass is 435 g/mol. The number of benzene rings is 2. The fourth-order valence-electron chi connectivity index (χ4n) is 3.04. The van der Waals surface area contributed by atoms with E-state index in [0.29, 0.717) is 0 Å². The summed E-state index contributed by atoms with van der Waals surface area (Å²) < 4.78 is 3.21. The molecule has 5 heteroatoms. The Bertz CT molecular complexity index is 901. The summed E-state index contributed by atoms with van der Waals surface area (Å²) in [5, 5.41) is 9.15. The Balaban J connectivity index is 1.93. The van der Waals surface area contributed by atoms with Crippen molar-refractivity contribution < 1.29 is 0 Å². The molecule has 2 aromatic carbocycles. The van der Waals surface area contributed by atoms with E-state index in [9.17, 15) is 0 Å². The summed E-state index contributed by atoms with van der Waals surface area (Å²) >= 11 is 8.64. The summed E-state index contributed by atoms with van der Waals surface area (Å²) in [6.45, 7) is 2.98. The highest BCUT2D eigenvalue weighted by molar-refractivity contribution is 14.1. The largest absolute Gasteiger partial charge is 0.369 e. The Morgan fingerprint density at radius 2 is 2.04 bits per heavy atom. The third kappa shape index (κ3) is 2.54. The van der Waals surface area contributed by atoms with E-state index in [1.165, 1.54) is 9.13 Å². The molecule has 0 fully saturated rings. The standard InChI is InChI=1S/C18H15ClIN3/c1-11-15(19)6-3-7-16(11)23-18-14(8-9-21-18)17(22-23)12-4-2-5-13(20)10-12/h2-7,10,21H,8-9H2,1H3. The lowest BCUT2D eigenvalue weighted by atomic mass is 10.1. The van der Waals surface area contributed by atoms with Crippen molar-refractivity contribution in [3.63, 3.8) is 0 Å². The quantitative estimate of drug-likeness (QED) is 0.569. The third-order valence-electron chi connectivity index (χ3n) is 4.22. The fraction of sp³-hybridized carbons (Fsp3) is 0.167. The molecule has 116 valence electrons. The van der Waals surface area contributed by atoms with Crippen molar-refractivity contribution in [3.05, 3.63) is 62.2 Å². The van der Waals surface area contributed by atoms with Crippen molar-refractivity contribution in [2.75, 3.05) is 11.9 Å². The van der Waals surface area contributed by atoms with Gasteiger partial charge in [0.25, 0.3) is 0 Å². The molecule has 23 heavy (non-hydrogen) atoms. The van der Waals surface area contributed by atoms with Crippen LogP contribution in [0.15, 0.2) is 42.5 Å². The van der Waals surface area contributed by atoms with Crippen LogP contribution in [0.25, 0.3) is 16.9 Å². The number of hydrogen-bond acceptors (Lipinski definition) is 2. The second-order valence-electron chi connectivity index (χ2n) is 5.66. The number of fused-ring (bicyclic) bond motifs is 1. The van der Waals surface area contributed by atoms with Gasteiger partial charge >= 0.3 is 0 Å². The van der Waals surface area contributed by atoms with Crippen LogP contribution in [0.4, 0.5) is 5.82 Å². The van der Waals surface area contributed by atoms with Crippen molar-refractivity contribution in [2.24, 2.45) is 0 Å². The lowest BCUT2D eigenvalue weighted by molar-refractivity contribution is 0.875. The Hall–Kier alpha value is -1.53. The molecular formula is C18H15ClIN3. The molecule has 0 saturated carbocycles. The van der Waals surface area contributed by atoms with Crippen LogP contribution in [-0.4, -0.2) is 16.3 Å². The first kappa shape index (κ1) is 15.0. The van der Waals surface area contributed by atoms with Gasteiger partial charge in [0.2, 0.25) is 0 Å². The lowest BCUT2D eigenvalue weighted by Crippen LogP contribution is -2.05. The fourth-order valence-corrected chi connectivity index (χ4v) is 3.75. The van der Waals surface area contributed by atoms with Gasteiger partial charge in [-0.1, -0.05) is 29.8 Å². The average Bonchev–Trinajstić information content (AvgIpc) is 3.12. The van der Waals surface area contributed by atoms with Gasteiger partial charge in [-0.3, -0.25) is 0 Å². The first-order valence-electron chi connectivity index (χ1n) is 7.52. The Labute approximate surface area is 153 Å². The highest BCUT2D eigenvalue weighted by Crippen LogP contribution is 2.36. The van der Waals surface area contributed by atoms with Crippen molar-refractivity contribution in [1.29, 1.82) is 0 Å². The molecule has 1 aliphatic rings. The first-order valence-corrected chi connectivity index (χ1v) is 8.98. The predicted octanol–water partition coefficient (Wildman–Crippen LogP) is 5.07. The zero-order chi connectivity index (χ0) is 16.0. The summed E-state index contributed by atoms with van der Waals surface area (Å²) in [6.07, 6.45) is 0.996. The molecule has 1 N–H and O–H groups in total. The van der Waals surface area contributed by atoms with Gasteiger partial charge in [-0.2, -0.15) is 5.10 Å². The number of nitrogens with zero attached hydrogens (tertiary/aromatic N) is 2. The van der Waals surface area contributed by atoms with Gasteiger partial charge in [-0.15, -0.1) is 0 Å². The molecule has 4 rings (SSSR count). The number of halogens is 2. The summed E-state index contributed by atoms with van der Waals surface area (Å²) in [5.74, 6) is 1.09. The first-order chi connectivity index (χ1) is 11.1. The molecule has 2 heterocycles. The lowest BCUT2D eigenvalue weighted by Gasteiger charge is -2.10. The van der Waals surface area contributed by atoms with Gasteiger partial charge in [0, 0.05) is 26.3 Å². The third-order valence-corrected chi connectivity index (χ3v) is 5.30. The average molecular weight is 436 g/mol. The maximum atomic E-state index is 6.30. The van der Waals surface area contributed by atoms with E-state index in [1.807, 2.05) is 23.7 Å². The van der Waals surface area contributed by atoms with E-state index >= 15 is 0 Å². The zero-order valence-electron chi connectivity index (χ0n) is 12.6. The summed E-state index contributed by atoms with van der Waals surface area (Å²) in [5.41, 5.74) is 5.58. The highest BCUT2D eigenvalue weighted by Gasteiger charge is 2.24. The highest BCUT2D eigenvalue weighted by atomic mass is 127. The summed E-state index contributed by atoms with van der Waals surface area (Å²) in [4.78, 5) is 0. The maximum Gasteiger partial charge on any atom is 0.133 e. The van der Waals surface area contributed by atoms with Gasteiger partial charge in [-0.25, -0.2) is 4.68 Å². The van der Waals surface area contributed by atoms with Crippen LogP contribution in [0.2, 0.25) is 5.02 Å². The van der Waals surface area contributed by atoms with Crippen molar-refractivity contribution in [2.45, 2.75) is 13.3 Å². The molecule has 0 radical (unpaired) electrons. The number of anilines is 1. The van der Waals surface area contributed by atoms with Crippen LogP contribution in [0.1, 0.15) is 11.1 Å². The number of nitrogens with one attached hydrogen (secondary N) is 1. The van der Waals surface area contributed by atoms with Crippen LogP contribution >= 0.6 is 34.2 Å². The van der Waals surface area contributed by atoms with E-state index in [-0.39, 0.29) is 0 Å². The number of hydrogen-bond donors (Lipinski definition) is 1. The van der Waals surface area contributed by atoms with Crippen molar-refractivity contribution >= 4 is 40.0 Å². The van der Waals surface area contributed by atoms with Crippen LogP contribution in [-0.2, 0) is 6.42 Å². The molecule has 0 amide bonds. The molecule has 3 nitrogen and oxygen atoms in total. The summed E-state index contributed by atoms with van der Waals surface area (Å²) in [6, 6.07) is 14.4. The van der Waals surface area contributed by atoms with Crippen LogP contribution in [0.3, 0.4) is 0 Å². The smallest absolute Gasteiger partial charge is 0.133 e. The molecule has 0 atom stereocenters. The molecular weight excluding hydrogens is 421 g/mol. The normalized spacial score (nSPS) is 13.0. The van der Waals surface area contributed by atoms with Crippen LogP contribution in [0.5, 0.6) is 0 Å². The van der Waals surface area contributed by atoms with Crippen molar-refractivity contribution in [1.82, 2.24) is 9.78 Å². The van der Waals surface area contributed by atoms with E-state index in [2.05, 4.69) is 58.2 Å². The molecule has 3 aromatic rings. The Morgan fingerprint density at radius 1 is 1.22 bits per heavy atom. The second-order valence-corrected chi connectivity index (χ2v) is 7.31. The zero-order valence-corrected chi connectivity index (χ0v) is 15.5.